The van der Waals surface area contributed by atoms with Crippen LogP contribution in [0.15, 0.2) is 48.5 Å². The van der Waals surface area contributed by atoms with E-state index in [0.717, 1.165) is 23.4 Å². The first-order valence-electron chi connectivity index (χ1n) is 8.81. The molecule has 1 heterocycles. The van der Waals surface area contributed by atoms with Crippen molar-refractivity contribution in [1.82, 2.24) is 15.5 Å². The first-order chi connectivity index (χ1) is 13.5. The number of aryl methyl sites for hydroxylation is 1. The maximum atomic E-state index is 12.9. The molecular formula is C20H19FN4O2S. The minimum atomic E-state index is -0.358. The summed E-state index contributed by atoms with van der Waals surface area (Å²) in [6.45, 7) is 2.31. The molecule has 0 fully saturated rings. The van der Waals surface area contributed by atoms with E-state index >= 15 is 0 Å². The van der Waals surface area contributed by atoms with Crippen molar-refractivity contribution in [2.45, 2.75) is 26.3 Å². The van der Waals surface area contributed by atoms with Crippen molar-refractivity contribution in [1.29, 1.82) is 0 Å². The van der Waals surface area contributed by atoms with Crippen LogP contribution in [0.5, 0.6) is 0 Å². The Morgan fingerprint density at radius 1 is 1.07 bits per heavy atom. The van der Waals surface area contributed by atoms with Crippen molar-refractivity contribution >= 4 is 28.8 Å². The van der Waals surface area contributed by atoms with Crippen LogP contribution in [0, 0.1) is 5.82 Å². The Labute approximate surface area is 165 Å². The van der Waals surface area contributed by atoms with Gasteiger partial charge in [0.25, 0.3) is 11.8 Å². The maximum Gasteiger partial charge on any atom is 0.286 e. The zero-order valence-electron chi connectivity index (χ0n) is 15.2. The third-order valence-electron chi connectivity index (χ3n) is 3.87. The van der Waals surface area contributed by atoms with Crippen molar-refractivity contribution in [3.8, 4) is 0 Å². The van der Waals surface area contributed by atoms with Crippen molar-refractivity contribution in [2.24, 2.45) is 0 Å². The lowest BCUT2D eigenvalue weighted by Crippen LogP contribution is -2.23. The van der Waals surface area contributed by atoms with Crippen molar-refractivity contribution < 1.29 is 14.0 Å². The van der Waals surface area contributed by atoms with Crippen molar-refractivity contribution in [3.63, 3.8) is 0 Å². The number of hydrogen-bond donors (Lipinski definition) is 2. The van der Waals surface area contributed by atoms with Crippen LogP contribution in [-0.2, 0) is 13.0 Å². The molecule has 0 bridgehead atoms. The second kappa shape index (κ2) is 9.18. The van der Waals surface area contributed by atoms with E-state index in [2.05, 4.69) is 20.8 Å². The molecule has 0 saturated carbocycles. The lowest BCUT2D eigenvalue weighted by molar-refractivity contribution is 0.0949. The van der Waals surface area contributed by atoms with Gasteiger partial charge >= 0.3 is 0 Å². The maximum absolute atomic E-state index is 12.9. The van der Waals surface area contributed by atoms with Crippen LogP contribution in [0.1, 0.15) is 44.1 Å². The van der Waals surface area contributed by atoms with Crippen LogP contribution in [0.2, 0.25) is 0 Å². The number of carbonyl (C=O) groups is 2. The van der Waals surface area contributed by atoms with Gasteiger partial charge in [-0.1, -0.05) is 36.5 Å². The number of hydrogen-bond acceptors (Lipinski definition) is 5. The Bertz CT molecular complexity index is 972. The Kier molecular flexibility index (Phi) is 6.44. The highest BCUT2D eigenvalue weighted by Gasteiger charge is 2.14. The Balaban J connectivity index is 1.61. The lowest BCUT2D eigenvalue weighted by Gasteiger charge is -2.08. The van der Waals surface area contributed by atoms with E-state index in [9.17, 15) is 14.0 Å². The zero-order chi connectivity index (χ0) is 19.9. The van der Waals surface area contributed by atoms with Crippen LogP contribution in [0.4, 0.5) is 10.1 Å². The van der Waals surface area contributed by atoms with E-state index in [-0.39, 0.29) is 29.2 Å². The number of nitrogens with zero attached hydrogens (tertiary/aromatic N) is 2. The average Bonchev–Trinajstić information content (AvgIpc) is 3.17. The molecule has 0 atom stereocenters. The first kappa shape index (κ1) is 19.6. The summed E-state index contributed by atoms with van der Waals surface area (Å²) < 4.78 is 12.9. The van der Waals surface area contributed by atoms with Gasteiger partial charge in [0.05, 0.1) is 0 Å². The molecule has 8 heteroatoms. The molecule has 0 aliphatic rings. The van der Waals surface area contributed by atoms with E-state index in [1.54, 1.807) is 36.4 Å². The number of halogens is 1. The predicted molar refractivity (Wildman–Crippen MR) is 106 cm³/mol. The fourth-order valence-corrected chi connectivity index (χ4v) is 3.31. The van der Waals surface area contributed by atoms with Crippen molar-refractivity contribution in [3.05, 3.63) is 75.5 Å². The molecule has 2 aromatic carbocycles. The topological polar surface area (TPSA) is 84.0 Å². The van der Waals surface area contributed by atoms with Gasteiger partial charge in [0.1, 0.15) is 10.8 Å². The molecule has 0 aliphatic heterocycles. The van der Waals surface area contributed by atoms with Crippen LogP contribution in [-0.4, -0.2) is 22.0 Å². The van der Waals surface area contributed by atoms with Gasteiger partial charge in [0, 0.05) is 24.2 Å². The molecule has 0 saturated heterocycles. The van der Waals surface area contributed by atoms with E-state index in [1.807, 2.05) is 6.92 Å². The fourth-order valence-electron chi connectivity index (χ4n) is 2.47. The smallest absolute Gasteiger partial charge is 0.286 e. The molecule has 6 nitrogen and oxygen atoms in total. The third kappa shape index (κ3) is 5.20. The van der Waals surface area contributed by atoms with Gasteiger partial charge in [-0.2, -0.15) is 0 Å². The van der Waals surface area contributed by atoms with Gasteiger partial charge in [0.2, 0.25) is 5.01 Å². The van der Waals surface area contributed by atoms with Crippen LogP contribution in [0.3, 0.4) is 0 Å². The molecule has 0 spiro atoms. The fraction of sp³-hybridized carbons (Fsp3) is 0.200. The van der Waals surface area contributed by atoms with Gasteiger partial charge in [0.15, 0.2) is 0 Å². The normalized spacial score (nSPS) is 10.5. The SMILES string of the molecule is CCCc1nnc(C(=O)Nc2cccc(C(=O)NCc3ccc(F)cc3)c2)s1. The Morgan fingerprint density at radius 2 is 1.86 bits per heavy atom. The summed E-state index contributed by atoms with van der Waals surface area (Å²) in [4.78, 5) is 24.7. The van der Waals surface area contributed by atoms with Crippen LogP contribution in [0.25, 0.3) is 0 Å². The van der Waals surface area contributed by atoms with E-state index in [0.29, 0.717) is 11.3 Å². The summed E-state index contributed by atoms with van der Waals surface area (Å²) in [5.41, 5.74) is 1.69. The minimum Gasteiger partial charge on any atom is -0.348 e. The first-order valence-corrected chi connectivity index (χ1v) is 9.63. The third-order valence-corrected chi connectivity index (χ3v) is 4.86. The molecule has 0 aliphatic carbocycles. The number of benzene rings is 2. The number of anilines is 1. The molecule has 0 unspecified atom stereocenters. The number of aromatic nitrogens is 2. The van der Waals surface area contributed by atoms with E-state index in [1.165, 1.54) is 23.5 Å². The molecule has 0 radical (unpaired) electrons. The molecule has 28 heavy (non-hydrogen) atoms. The Morgan fingerprint density at radius 3 is 2.61 bits per heavy atom. The second-order valence-corrected chi connectivity index (χ2v) is 7.16. The quantitative estimate of drug-likeness (QED) is 0.634. The molecule has 1 aromatic heterocycles. The monoisotopic (exact) mass is 398 g/mol. The van der Waals surface area contributed by atoms with Gasteiger partial charge in [-0.25, -0.2) is 4.39 Å². The summed E-state index contributed by atoms with van der Waals surface area (Å²) in [6.07, 6.45) is 1.72. The van der Waals surface area contributed by atoms with Gasteiger partial charge in [-0.15, -0.1) is 10.2 Å². The standard InChI is InChI=1S/C20H19FN4O2S/c1-2-4-17-24-25-20(28-17)19(27)23-16-6-3-5-14(11-16)18(26)22-12-13-7-9-15(21)10-8-13/h3,5-11H,2,4,12H2,1H3,(H,22,26)(H,23,27). The van der Waals surface area contributed by atoms with Crippen LogP contribution < -0.4 is 10.6 Å². The Hall–Kier alpha value is -3.13. The summed E-state index contributed by atoms with van der Waals surface area (Å²) in [5.74, 6) is -0.971. The highest BCUT2D eigenvalue weighted by molar-refractivity contribution is 7.13. The molecule has 2 amide bonds. The van der Waals surface area contributed by atoms with Crippen LogP contribution >= 0.6 is 11.3 Å². The summed E-state index contributed by atoms with van der Waals surface area (Å²) in [7, 11) is 0. The number of carbonyl (C=O) groups excluding carboxylic acids is 2. The highest BCUT2D eigenvalue weighted by atomic mass is 32.1. The zero-order valence-corrected chi connectivity index (χ0v) is 16.1. The summed E-state index contributed by atoms with van der Waals surface area (Å²) in [6, 6.07) is 12.5. The predicted octanol–water partition coefficient (Wildman–Crippen LogP) is 3.81. The van der Waals surface area contributed by atoms with Gasteiger partial charge in [-0.3, -0.25) is 9.59 Å². The van der Waals surface area contributed by atoms with E-state index in [4.69, 9.17) is 0 Å². The molecule has 2 N–H and O–H groups in total. The van der Waals surface area contributed by atoms with E-state index < -0.39 is 0 Å². The lowest BCUT2D eigenvalue weighted by atomic mass is 10.1. The molecule has 3 rings (SSSR count). The molecular weight excluding hydrogens is 379 g/mol. The molecule has 3 aromatic rings. The summed E-state index contributed by atoms with van der Waals surface area (Å²) >= 11 is 1.26. The number of amides is 2. The minimum absolute atomic E-state index is 0.278. The average molecular weight is 398 g/mol. The number of nitrogens with one attached hydrogen (secondary N) is 2. The van der Waals surface area contributed by atoms with Crippen molar-refractivity contribution in [2.75, 3.05) is 5.32 Å². The molecule has 144 valence electrons. The second-order valence-electron chi connectivity index (χ2n) is 6.10. The van der Waals surface area contributed by atoms with Gasteiger partial charge < -0.3 is 10.6 Å². The number of rotatable bonds is 7. The van der Waals surface area contributed by atoms with Gasteiger partial charge in [-0.05, 0) is 42.3 Å². The largest absolute Gasteiger partial charge is 0.348 e. The highest BCUT2D eigenvalue weighted by Crippen LogP contribution is 2.16. The summed E-state index contributed by atoms with van der Waals surface area (Å²) in [5, 5.41) is 14.5.